The van der Waals surface area contributed by atoms with Crippen LogP contribution in [0.5, 0.6) is 11.8 Å². The average molecular weight is 439 g/mol. The fraction of sp³-hybridized carbons (Fsp3) is 0.286. The van der Waals surface area contributed by atoms with E-state index >= 15 is 0 Å². The van der Waals surface area contributed by atoms with Crippen LogP contribution < -0.4 is 20.1 Å². The fourth-order valence-corrected chi connectivity index (χ4v) is 3.19. The van der Waals surface area contributed by atoms with Gasteiger partial charge in [-0.1, -0.05) is 0 Å². The van der Waals surface area contributed by atoms with E-state index in [-0.39, 0.29) is 29.7 Å². The van der Waals surface area contributed by atoms with Gasteiger partial charge in [0.2, 0.25) is 5.95 Å². The number of methoxy groups -OCH3 is 1. The van der Waals surface area contributed by atoms with Crippen molar-refractivity contribution in [3.63, 3.8) is 0 Å². The van der Waals surface area contributed by atoms with Crippen molar-refractivity contribution in [3.05, 3.63) is 48.3 Å². The Morgan fingerprint density at radius 3 is 2.81 bits per heavy atom. The minimum atomic E-state index is -3.01. The Balaban J connectivity index is 1.56. The van der Waals surface area contributed by atoms with E-state index in [0.717, 1.165) is 0 Å². The Hall–Kier alpha value is -3.91. The molecular weight excluding hydrogens is 420 g/mol. The van der Waals surface area contributed by atoms with Crippen molar-refractivity contribution >= 4 is 11.8 Å². The monoisotopic (exact) mass is 439 g/mol. The summed E-state index contributed by atoms with van der Waals surface area (Å²) >= 11 is 0. The summed E-state index contributed by atoms with van der Waals surface area (Å²) in [5, 5.41) is 15.2. The van der Waals surface area contributed by atoms with E-state index in [1.54, 1.807) is 30.5 Å². The summed E-state index contributed by atoms with van der Waals surface area (Å²) in [6, 6.07) is 10.2. The summed E-state index contributed by atoms with van der Waals surface area (Å²) in [4.78, 5) is 16.7. The van der Waals surface area contributed by atoms with Crippen molar-refractivity contribution in [3.8, 4) is 29.1 Å². The number of nitrogens with one attached hydrogen (secondary N) is 2. The van der Waals surface area contributed by atoms with E-state index < -0.39 is 18.6 Å². The Morgan fingerprint density at radius 2 is 2.03 bits per heavy atom. The maximum atomic E-state index is 14.1. The van der Waals surface area contributed by atoms with Crippen LogP contribution in [0.15, 0.2) is 42.7 Å². The van der Waals surface area contributed by atoms with E-state index in [1.165, 1.54) is 19.4 Å². The highest BCUT2D eigenvalue weighted by Gasteiger charge is 2.43. The third kappa shape index (κ3) is 4.70. The molecule has 11 heteroatoms. The van der Waals surface area contributed by atoms with Crippen molar-refractivity contribution in [2.24, 2.45) is 0 Å². The molecule has 4 rings (SSSR count). The second kappa shape index (κ2) is 9.07. The van der Waals surface area contributed by atoms with Crippen molar-refractivity contribution in [2.75, 3.05) is 25.5 Å². The highest BCUT2D eigenvalue weighted by Crippen LogP contribution is 2.31. The van der Waals surface area contributed by atoms with Gasteiger partial charge in [0.25, 0.3) is 5.92 Å². The van der Waals surface area contributed by atoms with Crippen LogP contribution in [0.1, 0.15) is 12.0 Å². The van der Waals surface area contributed by atoms with Gasteiger partial charge in [0, 0.05) is 24.4 Å². The van der Waals surface area contributed by atoms with Crippen LogP contribution in [-0.2, 0) is 0 Å². The quantitative estimate of drug-likeness (QED) is 0.598. The molecule has 0 saturated carbocycles. The van der Waals surface area contributed by atoms with Gasteiger partial charge in [-0.25, -0.2) is 23.7 Å². The largest absolute Gasteiger partial charge is 0.483 e. The fourth-order valence-electron chi connectivity index (χ4n) is 3.19. The van der Waals surface area contributed by atoms with Crippen LogP contribution >= 0.6 is 0 Å². The lowest BCUT2D eigenvalue weighted by atomic mass is 10.0. The van der Waals surface area contributed by atoms with Gasteiger partial charge in [0.05, 0.1) is 24.9 Å². The van der Waals surface area contributed by atoms with Crippen LogP contribution in [0, 0.1) is 11.3 Å². The van der Waals surface area contributed by atoms with Crippen LogP contribution in [0.25, 0.3) is 11.3 Å². The number of nitrogens with zero attached hydrogens (tertiary/aromatic N) is 5. The second-order valence-corrected chi connectivity index (χ2v) is 6.97. The first-order valence-electron chi connectivity index (χ1n) is 9.75. The number of hydrogen-bond acceptors (Lipinski definition) is 9. The molecule has 0 amide bonds. The SMILES string of the molecule is COc1nccc(Nc2nccc(-c3ccc(OC4CCNCC4(F)F)c(C#N)c3)n2)n1. The zero-order valence-electron chi connectivity index (χ0n) is 17.0. The van der Waals surface area contributed by atoms with Crippen molar-refractivity contribution in [2.45, 2.75) is 18.4 Å². The number of hydrogen-bond donors (Lipinski definition) is 2. The van der Waals surface area contributed by atoms with Crippen LogP contribution in [0.2, 0.25) is 0 Å². The first kappa shape index (κ1) is 21.3. The van der Waals surface area contributed by atoms with E-state index in [4.69, 9.17) is 9.47 Å². The summed E-state index contributed by atoms with van der Waals surface area (Å²) in [6.07, 6.45) is 1.94. The first-order chi connectivity index (χ1) is 15.5. The number of anilines is 2. The van der Waals surface area contributed by atoms with Gasteiger partial charge < -0.3 is 20.1 Å². The maximum Gasteiger partial charge on any atom is 0.318 e. The van der Waals surface area contributed by atoms with E-state index in [0.29, 0.717) is 23.6 Å². The molecule has 32 heavy (non-hydrogen) atoms. The second-order valence-electron chi connectivity index (χ2n) is 6.97. The molecule has 1 unspecified atom stereocenters. The van der Waals surface area contributed by atoms with Gasteiger partial charge in [-0.05, 0) is 36.9 Å². The normalized spacial score (nSPS) is 17.2. The maximum absolute atomic E-state index is 14.1. The molecule has 0 spiro atoms. The smallest absolute Gasteiger partial charge is 0.318 e. The molecule has 0 radical (unpaired) electrons. The summed E-state index contributed by atoms with van der Waals surface area (Å²) in [5.74, 6) is -2.18. The molecule has 3 heterocycles. The number of rotatable bonds is 6. The standard InChI is InChI=1S/C21H19F2N7O2/c1-31-20-27-9-6-18(30-20)29-19-26-8-4-15(28-19)13-2-3-16(14(10-13)11-24)32-17-5-7-25-12-21(17,22)23/h2-4,6,8-10,17,25H,5,7,12H2,1H3,(H,26,27,28,29,30). The summed E-state index contributed by atoms with van der Waals surface area (Å²) < 4.78 is 38.7. The molecule has 0 aliphatic carbocycles. The lowest BCUT2D eigenvalue weighted by molar-refractivity contribution is -0.109. The van der Waals surface area contributed by atoms with Gasteiger partial charge >= 0.3 is 6.01 Å². The van der Waals surface area contributed by atoms with Crippen LogP contribution in [-0.4, -0.2) is 52.2 Å². The molecule has 164 valence electrons. The van der Waals surface area contributed by atoms with Gasteiger partial charge in [-0.15, -0.1) is 0 Å². The number of benzene rings is 1. The highest BCUT2D eigenvalue weighted by atomic mass is 19.3. The molecule has 1 aliphatic rings. The molecule has 1 saturated heterocycles. The number of alkyl halides is 2. The average Bonchev–Trinajstić information content (AvgIpc) is 2.81. The third-order valence-corrected chi connectivity index (χ3v) is 4.79. The lowest BCUT2D eigenvalue weighted by Crippen LogP contribution is -2.52. The lowest BCUT2D eigenvalue weighted by Gasteiger charge is -2.32. The Labute approximate surface area is 182 Å². The first-order valence-corrected chi connectivity index (χ1v) is 9.75. The Morgan fingerprint density at radius 1 is 1.19 bits per heavy atom. The summed E-state index contributed by atoms with van der Waals surface area (Å²) in [5.41, 5.74) is 1.28. The summed E-state index contributed by atoms with van der Waals surface area (Å²) in [6.45, 7) is -0.0261. The zero-order chi connectivity index (χ0) is 22.6. The minimum absolute atomic E-state index is 0.114. The van der Waals surface area contributed by atoms with Gasteiger partial charge in [0.1, 0.15) is 17.6 Å². The molecule has 9 nitrogen and oxygen atoms in total. The number of halogens is 2. The van der Waals surface area contributed by atoms with Crippen LogP contribution in [0.3, 0.4) is 0 Å². The number of piperidine rings is 1. The van der Waals surface area contributed by atoms with Crippen molar-refractivity contribution in [1.29, 1.82) is 5.26 Å². The van der Waals surface area contributed by atoms with Gasteiger partial charge in [0.15, 0.2) is 6.10 Å². The van der Waals surface area contributed by atoms with E-state index in [1.807, 2.05) is 6.07 Å². The van der Waals surface area contributed by atoms with Crippen molar-refractivity contribution in [1.82, 2.24) is 25.3 Å². The Kier molecular flexibility index (Phi) is 6.04. The number of aromatic nitrogens is 4. The molecule has 2 aromatic heterocycles. The number of nitriles is 1. The molecule has 3 aromatic rings. The highest BCUT2D eigenvalue weighted by molar-refractivity contribution is 5.65. The molecular formula is C21H19F2N7O2. The molecule has 1 fully saturated rings. The topological polar surface area (TPSA) is 118 Å². The van der Waals surface area contributed by atoms with Gasteiger partial charge in [-0.2, -0.15) is 10.2 Å². The molecule has 1 aromatic carbocycles. The molecule has 0 bridgehead atoms. The Bertz CT molecular complexity index is 1150. The van der Waals surface area contributed by atoms with Crippen LogP contribution in [0.4, 0.5) is 20.5 Å². The molecule has 2 N–H and O–H groups in total. The van der Waals surface area contributed by atoms with Gasteiger partial charge in [-0.3, -0.25) is 0 Å². The predicted octanol–water partition coefficient (Wildman–Crippen LogP) is 2.93. The van der Waals surface area contributed by atoms with E-state index in [9.17, 15) is 14.0 Å². The van der Waals surface area contributed by atoms with E-state index in [2.05, 4.69) is 30.6 Å². The molecule has 1 atom stereocenters. The predicted molar refractivity (Wildman–Crippen MR) is 111 cm³/mol. The zero-order valence-corrected chi connectivity index (χ0v) is 17.0. The minimum Gasteiger partial charge on any atom is -0.483 e. The molecule has 1 aliphatic heterocycles. The number of ether oxygens (including phenoxy) is 2. The summed E-state index contributed by atoms with van der Waals surface area (Å²) in [7, 11) is 1.46. The third-order valence-electron chi connectivity index (χ3n) is 4.79. The van der Waals surface area contributed by atoms with Crippen molar-refractivity contribution < 1.29 is 18.3 Å².